The first-order valence-corrected chi connectivity index (χ1v) is 6.67. The van der Waals surface area contributed by atoms with Gasteiger partial charge in [0.25, 0.3) is 5.91 Å². The van der Waals surface area contributed by atoms with Gasteiger partial charge in [0.05, 0.1) is 29.2 Å². The fourth-order valence-corrected chi connectivity index (χ4v) is 2.31. The number of amides is 1. The Balaban J connectivity index is 2.03. The topological polar surface area (TPSA) is 68.5 Å². The zero-order chi connectivity index (χ0) is 13.8. The van der Waals surface area contributed by atoms with Crippen LogP contribution >= 0.6 is 0 Å². The van der Waals surface area contributed by atoms with Crippen LogP contribution in [0.15, 0.2) is 12.3 Å². The lowest BCUT2D eigenvalue weighted by molar-refractivity contribution is -0.000209. The largest absolute Gasteiger partial charge is 0.397 e. The van der Waals surface area contributed by atoms with E-state index in [1.54, 1.807) is 24.2 Å². The van der Waals surface area contributed by atoms with Crippen LogP contribution in [0.1, 0.15) is 35.3 Å². The number of hydrogen-bond acceptors (Lipinski definition) is 4. The number of nitrogen functional groups attached to an aromatic ring is 1. The highest BCUT2D eigenvalue weighted by atomic mass is 16.5. The van der Waals surface area contributed by atoms with Crippen molar-refractivity contribution in [2.24, 2.45) is 0 Å². The molecule has 0 aliphatic carbocycles. The van der Waals surface area contributed by atoms with E-state index in [9.17, 15) is 4.79 Å². The smallest absolute Gasteiger partial charge is 0.255 e. The Morgan fingerprint density at radius 2 is 2.37 bits per heavy atom. The molecular weight excluding hydrogens is 242 g/mol. The second kappa shape index (κ2) is 6.02. The van der Waals surface area contributed by atoms with Crippen molar-refractivity contribution >= 4 is 11.6 Å². The number of rotatable bonds is 3. The van der Waals surface area contributed by atoms with Crippen molar-refractivity contribution < 1.29 is 9.53 Å². The van der Waals surface area contributed by atoms with Gasteiger partial charge in [0.1, 0.15) is 0 Å². The molecule has 2 heterocycles. The highest BCUT2D eigenvalue weighted by Gasteiger charge is 2.21. The Labute approximate surface area is 113 Å². The molecule has 0 spiro atoms. The third-order valence-electron chi connectivity index (χ3n) is 3.44. The minimum Gasteiger partial charge on any atom is -0.397 e. The second-order valence-electron chi connectivity index (χ2n) is 5.08. The third kappa shape index (κ3) is 3.44. The van der Waals surface area contributed by atoms with E-state index < -0.39 is 0 Å². The van der Waals surface area contributed by atoms with E-state index in [4.69, 9.17) is 10.5 Å². The molecule has 0 radical (unpaired) electrons. The van der Waals surface area contributed by atoms with Crippen molar-refractivity contribution in [1.82, 2.24) is 9.88 Å². The van der Waals surface area contributed by atoms with Crippen LogP contribution in [0.3, 0.4) is 0 Å². The van der Waals surface area contributed by atoms with Crippen LogP contribution in [-0.2, 0) is 4.74 Å². The lowest BCUT2D eigenvalue weighted by atomic mass is 10.1. The fraction of sp³-hybridized carbons (Fsp3) is 0.571. The van der Waals surface area contributed by atoms with Crippen LogP contribution in [-0.4, -0.2) is 42.1 Å². The highest BCUT2D eigenvalue weighted by Crippen LogP contribution is 2.16. The molecule has 1 amide bonds. The first kappa shape index (κ1) is 13.8. The van der Waals surface area contributed by atoms with Gasteiger partial charge in [0, 0.05) is 20.2 Å². The maximum atomic E-state index is 12.4. The maximum absolute atomic E-state index is 12.4. The summed E-state index contributed by atoms with van der Waals surface area (Å²) in [5.74, 6) is -0.0496. The number of nitrogens with zero attached hydrogens (tertiary/aromatic N) is 2. The zero-order valence-electron chi connectivity index (χ0n) is 11.6. The van der Waals surface area contributed by atoms with E-state index in [-0.39, 0.29) is 12.0 Å². The van der Waals surface area contributed by atoms with E-state index >= 15 is 0 Å². The molecule has 0 bridgehead atoms. The van der Waals surface area contributed by atoms with Crippen LogP contribution in [0.25, 0.3) is 0 Å². The molecule has 5 heteroatoms. The summed E-state index contributed by atoms with van der Waals surface area (Å²) in [6, 6.07) is 1.68. The molecule has 2 N–H and O–H groups in total. The van der Waals surface area contributed by atoms with Gasteiger partial charge in [0.15, 0.2) is 0 Å². The summed E-state index contributed by atoms with van der Waals surface area (Å²) < 4.78 is 5.65. The number of pyridine rings is 1. The lowest BCUT2D eigenvalue weighted by Crippen LogP contribution is -2.37. The summed E-state index contributed by atoms with van der Waals surface area (Å²) in [6.07, 6.45) is 5.03. The summed E-state index contributed by atoms with van der Waals surface area (Å²) >= 11 is 0. The molecule has 1 fully saturated rings. The van der Waals surface area contributed by atoms with Gasteiger partial charge < -0.3 is 15.4 Å². The Morgan fingerprint density at radius 3 is 3.05 bits per heavy atom. The molecule has 5 nitrogen and oxygen atoms in total. The van der Waals surface area contributed by atoms with Gasteiger partial charge in [0.2, 0.25) is 0 Å². The number of aromatic nitrogens is 1. The van der Waals surface area contributed by atoms with E-state index in [0.717, 1.165) is 19.4 Å². The van der Waals surface area contributed by atoms with E-state index in [2.05, 4.69) is 4.98 Å². The van der Waals surface area contributed by atoms with Crippen molar-refractivity contribution in [1.29, 1.82) is 0 Å². The van der Waals surface area contributed by atoms with Gasteiger partial charge in [-0.15, -0.1) is 0 Å². The quantitative estimate of drug-likeness (QED) is 0.899. The van der Waals surface area contributed by atoms with E-state index in [1.165, 1.54) is 6.42 Å². The third-order valence-corrected chi connectivity index (χ3v) is 3.44. The van der Waals surface area contributed by atoms with Crippen LogP contribution in [0.4, 0.5) is 5.69 Å². The minimum absolute atomic E-state index is 0.0496. The highest BCUT2D eigenvalue weighted by molar-refractivity contribution is 5.95. The maximum Gasteiger partial charge on any atom is 0.255 e. The number of carbonyl (C=O) groups excluding carboxylic acids is 1. The standard InChI is InChI=1S/C14H21N3O2/c1-10-13(7-11(15)8-16-10)14(18)17(2)9-12-5-3-4-6-19-12/h7-8,12H,3-6,9,15H2,1-2H3. The van der Waals surface area contributed by atoms with Gasteiger partial charge in [-0.3, -0.25) is 9.78 Å². The molecule has 1 aromatic heterocycles. The van der Waals surface area contributed by atoms with Crippen molar-refractivity contribution in [3.05, 3.63) is 23.5 Å². The molecular formula is C14H21N3O2. The molecule has 1 atom stereocenters. The molecule has 2 rings (SSSR count). The summed E-state index contributed by atoms with van der Waals surface area (Å²) in [7, 11) is 1.79. The zero-order valence-corrected chi connectivity index (χ0v) is 11.6. The molecule has 1 aromatic rings. The molecule has 104 valence electrons. The molecule has 1 aliphatic heterocycles. The van der Waals surface area contributed by atoms with Gasteiger partial charge in [-0.1, -0.05) is 0 Å². The number of anilines is 1. The van der Waals surface area contributed by atoms with Crippen LogP contribution in [0.2, 0.25) is 0 Å². The number of nitrogens with two attached hydrogens (primary N) is 1. The van der Waals surface area contributed by atoms with E-state index in [1.807, 2.05) is 6.92 Å². The number of likely N-dealkylation sites (N-methyl/N-ethyl adjacent to an activating group) is 1. The number of hydrogen-bond donors (Lipinski definition) is 1. The molecule has 1 saturated heterocycles. The van der Waals surface area contributed by atoms with Gasteiger partial charge >= 0.3 is 0 Å². The van der Waals surface area contributed by atoms with Crippen LogP contribution in [0.5, 0.6) is 0 Å². The van der Waals surface area contributed by atoms with Crippen molar-refractivity contribution in [3.8, 4) is 0 Å². The predicted molar refractivity (Wildman–Crippen MR) is 73.9 cm³/mol. The number of carbonyl (C=O) groups is 1. The summed E-state index contributed by atoms with van der Waals surface area (Å²) in [5, 5.41) is 0. The number of aryl methyl sites for hydroxylation is 1. The second-order valence-corrected chi connectivity index (χ2v) is 5.08. The van der Waals surface area contributed by atoms with Crippen molar-refractivity contribution in [3.63, 3.8) is 0 Å². The molecule has 1 aliphatic rings. The minimum atomic E-state index is -0.0496. The average molecular weight is 263 g/mol. The van der Waals surface area contributed by atoms with Crippen molar-refractivity contribution in [2.75, 3.05) is 25.9 Å². The molecule has 19 heavy (non-hydrogen) atoms. The van der Waals surface area contributed by atoms with Crippen LogP contribution < -0.4 is 5.73 Å². The average Bonchev–Trinajstić information content (AvgIpc) is 2.42. The Morgan fingerprint density at radius 1 is 1.58 bits per heavy atom. The Bertz CT molecular complexity index is 456. The van der Waals surface area contributed by atoms with E-state index in [0.29, 0.717) is 23.5 Å². The molecule has 0 aromatic carbocycles. The number of ether oxygens (including phenoxy) is 1. The fourth-order valence-electron chi connectivity index (χ4n) is 2.31. The van der Waals surface area contributed by atoms with Crippen LogP contribution in [0, 0.1) is 6.92 Å². The Hall–Kier alpha value is -1.62. The van der Waals surface area contributed by atoms with Gasteiger partial charge in [-0.25, -0.2) is 0 Å². The normalized spacial score (nSPS) is 19.2. The molecule has 1 unspecified atom stereocenters. The Kier molecular flexibility index (Phi) is 4.37. The summed E-state index contributed by atoms with van der Waals surface area (Å²) in [6.45, 7) is 3.23. The predicted octanol–water partition coefficient (Wildman–Crippen LogP) is 1.61. The SMILES string of the molecule is Cc1ncc(N)cc1C(=O)N(C)CC1CCCCO1. The summed E-state index contributed by atoms with van der Waals surface area (Å²) in [5.41, 5.74) is 7.47. The molecule has 0 saturated carbocycles. The summed E-state index contributed by atoms with van der Waals surface area (Å²) in [4.78, 5) is 18.2. The first-order valence-electron chi connectivity index (χ1n) is 6.67. The monoisotopic (exact) mass is 263 g/mol. The van der Waals surface area contributed by atoms with Crippen molar-refractivity contribution in [2.45, 2.75) is 32.3 Å². The first-order chi connectivity index (χ1) is 9.08. The van der Waals surface area contributed by atoms with Gasteiger partial charge in [-0.2, -0.15) is 0 Å². The lowest BCUT2D eigenvalue weighted by Gasteiger charge is -2.27. The van der Waals surface area contributed by atoms with Gasteiger partial charge in [-0.05, 0) is 32.3 Å².